The van der Waals surface area contributed by atoms with Gasteiger partial charge >= 0.3 is 0 Å². The number of guanidine groups is 3. The normalized spacial score (nSPS) is 14.8. The van der Waals surface area contributed by atoms with Gasteiger partial charge in [-0.15, -0.1) is 0 Å². The summed E-state index contributed by atoms with van der Waals surface area (Å²) in [6, 6.07) is 5.04. The van der Waals surface area contributed by atoms with Crippen LogP contribution in [0, 0.1) is 10.8 Å². The van der Waals surface area contributed by atoms with Gasteiger partial charge in [-0.05, 0) is 30.0 Å². The van der Waals surface area contributed by atoms with Crippen LogP contribution in [0.4, 0.5) is 11.4 Å². The average Bonchev–Trinajstić information content (AvgIpc) is 2.55. The van der Waals surface area contributed by atoms with Crippen molar-refractivity contribution < 1.29 is 0 Å². The molecule has 0 aliphatic heterocycles. The number of anilines is 1. The average molecular weight is 436 g/mol. The lowest BCUT2D eigenvalue weighted by atomic mass is 9.93. The summed E-state index contributed by atoms with van der Waals surface area (Å²) in [5.74, 6) is 0.560. The zero-order valence-corrected chi connectivity index (χ0v) is 19.4. The summed E-state index contributed by atoms with van der Waals surface area (Å²) in [7, 11) is 0. The van der Waals surface area contributed by atoms with Crippen molar-refractivity contribution in [2.24, 2.45) is 53.7 Å². The van der Waals surface area contributed by atoms with Gasteiger partial charge in [0, 0.05) is 17.6 Å². The van der Waals surface area contributed by atoms with E-state index in [0.29, 0.717) is 28.8 Å². The number of benzene rings is 1. The van der Waals surface area contributed by atoms with Crippen molar-refractivity contribution in [3.05, 3.63) is 23.2 Å². The third kappa shape index (κ3) is 9.60. The highest BCUT2D eigenvalue weighted by Gasteiger charge is 2.16. The maximum atomic E-state index is 6.21. The first-order valence-corrected chi connectivity index (χ1v) is 9.94. The molecule has 9 nitrogen and oxygen atoms in total. The van der Waals surface area contributed by atoms with Crippen LogP contribution < -0.4 is 28.3 Å². The van der Waals surface area contributed by atoms with Crippen molar-refractivity contribution in [3.8, 4) is 0 Å². The zero-order valence-electron chi connectivity index (χ0n) is 18.6. The molecule has 0 aromatic heterocycles. The Morgan fingerprint density at radius 3 is 2.17 bits per heavy atom. The quantitative estimate of drug-likeness (QED) is 0.361. The molecular weight excluding hydrogens is 402 g/mol. The van der Waals surface area contributed by atoms with E-state index in [-0.39, 0.29) is 28.7 Å². The molecule has 9 N–H and O–H groups in total. The zero-order chi connectivity index (χ0) is 23.1. The Labute approximate surface area is 183 Å². The summed E-state index contributed by atoms with van der Waals surface area (Å²) in [5.41, 5.74) is 24.4. The maximum absolute atomic E-state index is 6.21. The van der Waals surface area contributed by atoms with Gasteiger partial charge in [-0.25, -0.2) is 9.98 Å². The fraction of sp³-hybridized carbons (Fsp3) is 0.500. The van der Waals surface area contributed by atoms with E-state index in [4.69, 9.17) is 34.5 Å². The van der Waals surface area contributed by atoms with Crippen molar-refractivity contribution >= 4 is 46.7 Å². The lowest BCUT2D eigenvalue weighted by Gasteiger charge is -2.16. The van der Waals surface area contributed by atoms with Gasteiger partial charge in [-0.1, -0.05) is 53.1 Å². The Morgan fingerprint density at radius 1 is 0.967 bits per heavy atom. The molecule has 0 atom stereocenters. The van der Waals surface area contributed by atoms with Gasteiger partial charge in [0.05, 0.1) is 10.7 Å². The van der Waals surface area contributed by atoms with E-state index >= 15 is 0 Å². The van der Waals surface area contributed by atoms with Crippen LogP contribution in [-0.4, -0.2) is 30.3 Å². The smallest absolute Gasteiger partial charge is 0.222 e. The molecule has 0 bridgehead atoms. The van der Waals surface area contributed by atoms with Crippen LogP contribution in [-0.2, 0) is 0 Å². The summed E-state index contributed by atoms with van der Waals surface area (Å²) in [5, 5.41) is 3.32. The molecule has 30 heavy (non-hydrogen) atoms. The van der Waals surface area contributed by atoms with Gasteiger partial charge in [0.15, 0.2) is 0 Å². The van der Waals surface area contributed by atoms with Crippen molar-refractivity contribution in [2.75, 3.05) is 11.9 Å². The van der Waals surface area contributed by atoms with Gasteiger partial charge in [-0.2, -0.15) is 4.99 Å². The second-order valence-corrected chi connectivity index (χ2v) is 9.46. The Bertz CT molecular complexity index is 856. The molecule has 0 aliphatic rings. The molecule has 0 radical (unpaired) electrons. The fourth-order valence-corrected chi connectivity index (χ4v) is 2.12. The minimum Gasteiger partial charge on any atom is -0.387 e. The van der Waals surface area contributed by atoms with E-state index in [9.17, 15) is 0 Å². The van der Waals surface area contributed by atoms with E-state index in [0.717, 1.165) is 6.42 Å². The Morgan fingerprint density at radius 2 is 1.60 bits per heavy atom. The summed E-state index contributed by atoms with van der Waals surface area (Å²) in [4.78, 5) is 16.6. The van der Waals surface area contributed by atoms with E-state index in [1.54, 1.807) is 18.2 Å². The Kier molecular flexibility index (Phi) is 8.65. The first-order chi connectivity index (χ1) is 13.7. The fourth-order valence-electron chi connectivity index (χ4n) is 1.96. The molecule has 1 aromatic rings. The van der Waals surface area contributed by atoms with Crippen LogP contribution in [0.2, 0.25) is 5.02 Å². The Balaban J connectivity index is 2.96. The van der Waals surface area contributed by atoms with E-state index in [1.165, 1.54) is 0 Å². The lowest BCUT2D eigenvalue weighted by molar-refractivity contribution is 0.385. The third-order valence-electron chi connectivity index (χ3n) is 3.83. The molecule has 0 saturated carbocycles. The van der Waals surface area contributed by atoms with E-state index < -0.39 is 0 Å². The molecule has 0 heterocycles. The van der Waals surface area contributed by atoms with Crippen LogP contribution in [0.3, 0.4) is 0 Å². The molecule has 0 unspecified atom stereocenters. The number of rotatable bonds is 4. The highest BCUT2D eigenvalue weighted by Crippen LogP contribution is 2.28. The molecule has 0 amide bonds. The summed E-state index contributed by atoms with van der Waals surface area (Å²) < 4.78 is 0. The molecule has 1 aromatic carbocycles. The minimum atomic E-state index is -0.327. The molecule has 0 saturated heterocycles. The topological polar surface area (TPSA) is 166 Å². The Hall–Kier alpha value is -2.81. The first-order valence-electron chi connectivity index (χ1n) is 9.57. The summed E-state index contributed by atoms with van der Waals surface area (Å²) in [6.07, 6.45) is 0.888. The van der Waals surface area contributed by atoms with Crippen LogP contribution in [0.1, 0.15) is 48.0 Å². The largest absolute Gasteiger partial charge is 0.387 e. The van der Waals surface area contributed by atoms with Gasteiger partial charge in [0.2, 0.25) is 17.9 Å². The molecular formula is C20H34ClN9. The van der Waals surface area contributed by atoms with Crippen molar-refractivity contribution in [1.82, 2.24) is 0 Å². The number of aliphatic imine (C=N–C) groups is 4. The SMILES string of the molecule is CC(C)(C)CCN=C(N)N=C(N)Nc1ccc(Cl)c(N=C(N)N=C(N)C(C)(C)C)c1. The minimum absolute atomic E-state index is 0.00154. The maximum Gasteiger partial charge on any atom is 0.222 e. The second kappa shape index (κ2) is 10.3. The summed E-state index contributed by atoms with van der Waals surface area (Å²) in [6.45, 7) is 12.8. The number of hydrogen-bond acceptors (Lipinski definition) is 2. The van der Waals surface area contributed by atoms with Gasteiger partial charge in [-0.3, -0.25) is 4.99 Å². The molecule has 166 valence electrons. The number of nitrogens with zero attached hydrogens (tertiary/aromatic N) is 4. The predicted molar refractivity (Wildman–Crippen MR) is 130 cm³/mol. The van der Waals surface area contributed by atoms with Gasteiger partial charge < -0.3 is 28.3 Å². The number of hydrogen-bond donors (Lipinski definition) is 5. The van der Waals surface area contributed by atoms with Gasteiger partial charge in [0.1, 0.15) is 5.84 Å². The highest BCUT2D eigenvalue weighted by atomic mass is 35.5. The van der Waals surface area contributed by atoms with Crippen LogP contribution in [0.5, 0.6) is 0 Å². The standard InChI is InChI=1S/C20H34ClN9/c1-19(2,3)9-10-26-16(23)30-17(24)27-12-7-8-13(21)14(11-12)28-18(25)29-15(22)20(4,5)6/h7-8,11H,9-10H2,1-6H3,(H4,22,25,28,29)(H5,23,24,26,27,30). The summed E-state index contributed by atoms with van der Waals surface area (Å²) >= 11 is 6.21. The van der Waals surface area contributed by atoms with E-state index in [2.05, 4.69) is 46.1 Å². The predicted octanol–water partition coefficient (Wildman–Crippen LogP) is 3.17. The number of nitrogens with one attached hydrogen (secondary N) is 1. The third-order valence-corrected chi connectivity index (χ3v) is 4.15. The number of halogens is 1. The van der Waals surface area contributed by atoms with Crippen molar-refractivity contribution in [1.29, 1.82) is 0 Å². The molecule has 10 heteroatoms. The molecule has 0 aliphatic carbocycles. The number of nitrogens with two attached hydrogens (primary N) is 4. The van der Waals surface area contributed by atoms with Crippen molar-refractivity contribution in [2.45, 2.75) is 48.0 Å². The lowest BCUT2D eigenvalue weighted by Crippen LogP contribution is -2.31. The molecule has 1 rings (SSSR count). The van der Waals surface area contributed by atoms with Gasteiger partial charge in [0.25, 0.3) is 0 Å². The molecule has 0 fully saturated rings. The van der Waals surface area contributed by atoms with E-state index in [1.807, 2.05) is 20.8 Å². The second-order valence-electron chi connectivity index (χ2n) is 9.06. The first kappa shape index (κ1) is 25.2. The monoisotopic (exact) mass is 435 g/mol. The van der Waals surface area contributed by atoms with Crippen LogP contribution >= 0.6 is 11.6 Å². The number of amidine groups is 1. The van der Waals surface area contributed by atoms with Crippen molar-refractivity contribution in [3.63, 3.8) is 0 Å². The molecule has 0 spiro atoms. The highest BCUT2D eigenvalue weighted by molar-refractivity contribution is 6.33. The van der Waals surface area contributed by atoms with Crippen LogP contribution in [0.15, 0.2) is 38.2 Å². The van der Waals surface area contributed by atoms with Crippen LogP contribution in [0.25, 0.3) is 0 Å².